The topological polar surface area (TPSA) is 61.4 Å². The van der Waals surface area contributed by atoms with Crippen molar-refractivity contribution in [3.05, 3.63) is 34.6 Å². The van der Waals surface area contributed by atoms with Gasteiger partial charge < -0.3 is 10.6 Å². The van der Waals surface area contributed by atoms with Gasteiger partial charge in [0.05, 0.1) is 6.42 Å². The van der Waals surface area contributed by atoms with Crippen molar-refractivity contribution in [2.45, 2.75) is 37.8 Å². The summed E-state index contributed by atoms with van der Waals surface area (Å²) in [7, 11) is 3.59. The molecule has 1 fully saturated rings. The van der Waals surface area contributed by atoms with Crippen LogP contribution in [0, 0.1) is 5.82 Å². The van der Waals surface area contributed by atoms with Gasteiger partial charge in [-0.2, -0.15) is 0 Å². The number of benzene rings is 1. The van der Waals surface area contributed by atoms with Gasteiger partial charge in [-0.25, -0.2) is 4.39 Å². The molecule has 1 aliphatic heterocycles. The zero-order chi connectivity index (χ0) is 17.7. The maximum absolute atomic E-state index is 13.7. The Labute approximate surface area is 146 Å². The quantitative estimate of drug-likeness (QED) is 0.817. The lowest BCUT2D eigenvalue weighted by Gasteiger charge is -2.25. The monoisotopic (exact) mass is 355 g/mol. The largest absolute Gasteiger partial charge is 0.359 e. The van der Waals surface area contributed by atoms with E-state index in [9.17, 15) is 14.0 Å². The zero-order valence-electron chi connectivity index (χ0n) is 13.9. The molecule has 1 aromatic carbocycles. The fourth-order valence-corrected chi connectivity index (χ4v) is 3.28. The highest BCUT2D eigenvalue weighted by Gasteiger charge is 2.31. The maximum Gasteiger partial charge on any atom is 0.224 e. The van der Waals surface area contributed by atoms with Gasteiger partial charge >= 0.3 is 0 Å². The lowest BCUT2D eigenvalue weighted by atomic mass is 10.1. The molecule has 5 nitrogen and oxygen atoms in total. The Kier molecular flexibility index (Phi) is 6.57. The summed E-state index contributed by atoms with van der Waals surface area (Å²) in [4.78, 5) is 25.7. The van der Waals surface area contributed by atoms with Gasteiger partial charge in [-0.15, -0.1) is 0 Å². The molecule has 0 aliphatic carbocycles. The third kappa shape index (κ3) is 4.68. The molecule has 2 rings (SSSR count). The van der Waals surface area contributed by atoms with Gasteiger partial charge in [0, 0.05) is 42.7 Å². The van der Waals surface area contributed by atoms with Gasteiger partial charge in [0.15, 0.2) is 0 Å². The first kappa shape index (κ1) is 18.7. The Morgan fingerprint density at radius 1 is 1.29 bits per heavy atom. The number of likely N-dealkylation sites (tertiary alicyclic amines) is 1. The average molecular weight is 356 g/mol. The second-order valence-corrected chi connectivity index (χ2v) is 6.52. The Morgan fingerprint density at radius 3 is 2.67 bits per heavy atom. The molecule has 0 spiro atoms. The number of rotatable bonds is 6. The summed E-state index contributed by atoms with van der Waals surface area (Å²) in [6, 6.07) is 4.75. The molecule has 0 unspecified atom stereocenters. The number of carbonyl (C=O) groups is 2. The van der Waals surface area contributed by atoms with Crippen molar-refractivity contribution in [1.82, 2.24) is 15.5 Å². The van der Waals surface area contributed by atoms with E-state index in [1.54, 1.807) is 13.1 Å². The maximum atomic E-state index is 13.7. The van der Waals surface area contributed by atoms with E-state index in [2.05, 4.69) is 15.5 Å². The van der Waals surface area contributed by atoms with Crippen molar-refractivity contribution >= 4 is 23.4 Å². The first-order chi connectivity index (χ1) is 11.4. The molecule has 0 aromatic heterocycles. The molecule has 0 radical (unpaired) electrons. The molecule has 1 saturated heterocycles. The van der Waals surface area contributed by atoms with Gasteiger partial charge in [0.2, 0.25) is 11.8 Å². The van der Waals surface area contributed by atoms with E-state index in [4.69, 9.17) is 11.6 Å². The number of nitrogens with one attached hydrogen (secondary N) is 2. The van der Waals surface area contributed by atoms with Gasteiger partial charge in [-0.05, 0) is 32.0 Å². The third-order valence-corrected chi connectivity index (χ3v) is 4.97. The number of hydrogen-bond acceptors (Lipinski definition) is 3. The van der Waals surface area contributed by atoms with E-state index in [1.165, 1.54) is 12.1 Å². The number of amides is 2. The summed E-state index contributed by atoms with van der Waals surface area (Å²) in [6.07, 6.45) is 2.22. The van der Waals surface area contributed by atoms with Crippen LogP contribution in [0.4, 0.5) is 4.39 Å². The average Bonchev–Trinajstić information content (AvgIpc) is 2.89. The van der Waals surface area contributed by atoms with E-state index in [-0.39, 0.29) is 40.9 Å². The number of nitrogens with zero attached hydrogens (tertiary/aromatic N) is 1. The smallest absolute Gasteiger partial charge is 0.224 e. The molecule has 0 saturated carbocycles. The van der Waals surface area contributed by atoms with E-state index in [1.807, 2.05) is 7.05 Å². The summed E-state index contributed by atoms with van der Waals surface area (Å²) in [5.41, 5.74) is 0.217. The Bertz CT molecular complexity index is 591. The minimum absolute atomic E-state index is 0.0192. The van der Waals surface area contributed by atoms with E-state index >= 15 is 0 Å². The predicted octanol–water partition coefficient (Wildman–Crippen LogP) is 1.74. The van der Waals surface area contributed by atoms with Crippen LogP contribution in [0.15, 0.2) is 18.2 Å². The van der Waals surface area contributed by atoms with Crippen molar-refractivity contribution in [2.75, 3.05) is 20.6 Å². The SMILES string of the molecule is CNC(=O)C[C@H]1CC[C@@H](CNC(=O)Cc2c(F)cccc2Cl)N1C. The van der Waals surface area contributed by atoms with Crippen molar-refractivity contribution in [3.63, 3.8) is 0 Å². The molecular weight excluding hydrogens is 333 g/mol. The summed E-state index contributed by atoms with van der Waals surface area (Å²) in [6.45, 7) is 0.478. The highest BCUT2D eigenvalue weighted by atomic mass is 35.5. The lowest BCUT2D eigenvalue weighted by molar-refractivity contribution is -0.122. The predicted molar refractivity (Wildman–Crippen MR) is 91.4 cm³/mol. The van der Waals surface area contributed by atoms with Crippen LogP contribution in [0.5, 0.6) is 0 Å². The molecule has 2 atom stereocenters. The Hall–Kier alpha value is -1.66. The molecule has 0 bridgehead atoms. The van der Waals surface area contributed by atoms with Gasteiger partial charge in [-0.1, -0.05) is 17.7 Å². The van der Waals surface area contributed by atoms with Crippen molar-refractivity contribution in [2.24, 2.45) is 0 Å². The highest BCUT2D eigenvalue weighted by molar-refractivity contribution is 6.31. The number of halogens is 2. The molecular formula is C17H23ClFN3O2. The minimum Gasteiger partial charge on any atom is -0.359 e. The number of carbonyl (C=O) groups excluding carboxylic acids is 2. The third-order valence-electron chi connectivity index (χ3n) is 4.62. The van der Waals surface area contributed by atoms with Gasteiger partial charge in [0.25, 0.3) is 0 Å². The number of hydrogen-bond donors (Lipinski definition) is 2. The Morgan fingerprint density at radius 2 is 2.00 bits per heavy atom. The van der Waals surface area contributed by atoms with Crippen LogP contribution in [-0.4, -0.2) is 49.4 Å². The molecule has 1 heterocycles. The van der Waals surface area contributed by atoms with Crippen LogP contribution in [-0.2, 0) is 16.0 Å². The summed E-state index contributed by atoms with van der Waals surface area (Å²) < 4.78 is 13.7. The van der Waals surface area contributed by atoms with Gasteiger partial charge in [-0.3, -0.25) is 14.5 Å². The Balaban J connectivity index is 1.83. The molecule has 2 amide bonds. The van der Waals surface area contributed by atoms with Crippen molar-refractivity contribution in [3.8, 4) is 0 Å². The minimum atomic E-state index is -0.471. The molecule has 24 heavy (non-hydrogen) atoms. The van der Waals surface area contributed by atoms with Crippen LogP contribution in [0.25, 0.3) is 0 Å². The van der Waals surface area contributed by atoms with Crippen LogP contribution < -0.4 is 10.6 Å². The van der Waals surface area contributed by atoms with Crippen LogP contribution in [0.2, 0.25) is 5.02 Å². The van der Waals surface area contributed by atoms with Crippen LogP contribution in [0.1, 0.15) is 24.8 Å². The molecule has 7 heteroatoms. The van der Waals surface area contributed by atoms with E-state index in [0.29, 0.717) is 13.0 Å². The fourth-order valence-electron chi connectivity index (χ4n) is 3.05. The van der Waals surface area contributed by atoms with Crippen molar-refractivity contribution < 1.29 is 14.0 Å². The molecule has 1 aliphatic rings. The lowest BCUT2D eigenvalue weighted by Crippen LogP contribution is -2.42. The normalized spacial score (nSPS) is 20.8. The number of likely N-dealkylation sites (N-methyl/N-ethyl adjacent to an activating group) is 1. The molecule has 1 aromatic rings. The van der Waals surface area contributed by atoms with E-state index in [0.717, 1.165) is 12.8 Å². The second kappa shape index (κ2) is 8.44. The highest BCUT2D eigenvalue weighted by Crippen LogP contribution is 2.24. The summed E-state index contributed by atoms with van der Waals surface area (Å²) in [5.74, 6) is -0.711. The zero-order valence-corrected chi connectivity index (χ0v) is 14.7. The first-order valence-corrected chi connectivity index (χ1v) is 8.42. The second-order valence-electron chi connectivity index (χ2n) is 6.11. The molecule has 132 valence electrons. The van der Waals surface area contributed by atoms with Crippen LogP contribution in [0.3, 0.4) is 0 Å². The van der Waals surface area contributed by atoms with Crippen molar-refractivity contribution in [1.29, 1.82) is 0 Å². The summed E-state index contributed by atoms with van der Waals surface area (Å²) >= 11 is 5.94. The fraction of sp³-hybridized carbons (Fsp3) is 0.529. The van der Waals surface area contributed by atoms with Gasteiger partial charge in [0.1, 0.15) is 5.82 Å². The molecule has 2 N–H and O–H groups in total. The standard InChI is InChI=1S/C17H23ClFN3O2/c1-20-16(23)8-11-6-7-12(22(11)2)10-21-17(24)9-13-14(18)4-3-5-15(13)19/h3-5,11-12H,6-10H2,1-2H3,(H,20,23)(H,21,24)/t11-,12+/m1/s1. The van der Waals surface area contributed by atoms with E-state index < -0.39 is 5.82 Å². The van der Waals surface area contributed by atoms with Crippen LogP contribution >= 0.6 is 11.6 Å². The first-order valence-electron chi connectivity index (χ1n) is 8.04. The summed E-state index contributed by atoms with van der Waals surface area (Å²) in [5, 5.41) is 5.73.